The lowest BCUT2D eigenvalue weighted by molar-refractivity contribution is 0.0541. The molecule has 0 saturated carbocycles. The SMILES string of the molecule is CC(C)N(C)C[C@H]1OC[C@@H]2CCNC[C@@H]21.Cl. The lowest BCUT2D eigenvalue weighted by Gasteiger charge is -2.31. The smallest absolute Gasteiger partial charge is 0.0745 e. The van der Waals surface area contributed by atoms with Gasteiger partial charge in [-0.1, -0.05) is 0 Å². The van der Waals surface area contributed by atoms with Gasteiger partial charge in [0.15, 0.2) is 0 Å². The molecule has 0 spiro atoms. The average Bonchev–Trinajstić information content (AvgIpc) is 2.62. The van der Waals surface area contributed by atoms with E-state index in [4.69, 9.17) is 4.74 Å². The van der Waals surface area contributed by atoms with Gasteiger partial charge in [-0.05, 0) is 39.8 Å². The Morgan fingerprint density at radius 1 is 1.44 bits per heavy atom. The van der Waals surface area contributed by atoms with Crippen molar-refractivity contribution in [3.05, 3.63) is 0 Å². The second kappa shape index (κ2) is 6.20. The Bertz CT molecular complexity index is 213. The van der Waals surface area contributed by atoms with Crippen LogP contribution in [0.2, 0.25) is 0 Å². The van der Waals surface area contributed by atoms with Crippen molar-refractivity contribution in [2.75, 3.05) is 33.3 Å². The number of fused-ring (bicyclic) bond motifs is 1. The monoisotopic (exact) mass is 248 g/mol. The zero-order valence-corrected chi connectivity index (χ0v) is 11.4. The summed E-state index contributed by atoms with van der Waals surface area (Å²) in [6.45, 7) is 8.89. The highest BCUT2D eigenvalue weighted by molar-refractivity contribution is 5.85. The molecule has 0 amide bonds. The molecule has 3 nitrogen and oxygen atoms in total. The number of nitrogens with one attached hydrogen (secondary N) is 1. The summed E-state index contributed by atoms with van der Waals surface area (Å²) in [7, 11) is 2.19. The second-order valence-electron chi connectivity index (χ2n) is 5.32. The predicted molar refractivity (Wildman–Crippen MR) is 69.2 cm³/mol. The van der Waals surface area contributed by atoms with Gasteiger partial charge in [0.25, 0.3) is 0 Å². The van der Waals surface area contributed by atoms with E-state index in [-0.39, 0.29) is 12.4 Å². The quantitative estimate of drug-likeness (QED) is 0.817. The van der Waals surface area contributed by atoms with Crippen LogP contribution in [0.3, 0.4) is 0 Å². The van der Waals surface area contributed by atoms with Crippen LogP contribution < -0.4 is 5.32 Å². The van der Waals surface area contributed by atoms with Crippen molar-refractivity contribution in [3.63, 3.8) is 0 Å². The molecule has 2 fully saturated rings. The maximum atomic E-state index is 5.94. The number of likely N-dealkylation sites (N-methyl/N-ethyl adjacent to an activating group) is 1. The first-order valence-electron chi connectivity index (χ1n) is 6.21. The molecular formula is C12H25ClN2O. The van der Waals surface area contributed by atoms with E-state index in [2.05, 4.69) is 31.1 Å². The van der Waals surface area contributed by atoms with Crippen molar-refractivity contribution >= 4 is 12.4 Å². The highest BCUT2D eigenvalue weighted by Crippen LogP contribution is 2.31. The third-order valence-electron chi connectivity index (χ3n) is 4.03. The molecule has 2 aliphatic rings. The van der Waals surface area contributed by atoms with Crippen molar-refractivity contribution in [2.45, 2.75) is 32.4 Å². The topological polar surface area (TPSA) is 24.5 Å². The summed E-state index contributed by atoms with van der Waals surface area (Å²) >= 11 is 0. The molecule has 96 valence electrons. The molecule has 0 aromatic carbocycles. The Kier molecular flexibility index (Phi) is 5.51. The number of ether oxygens (including phenoxy) is 1. The number of hydrogen-bond acceptors (Lipinski definition) is 3. The molecule has 0 aromatic rings. The van der Waals surface area contributed by atoms with E-state index in [1.54, 1.807) is 0 Å². The highest BCUT2D eigenvalue weighted by atomic mass is 35.5. The molecule has 2 rings (SSSR count). The minimum Gasteiger partial charge on any atom is -0.376 e. The number of halogens is 1. The van der Waals surface area contributed by atoms with Gasteiger partial charge in [0.1, 0.15) is 0 Å². The molecule has 2 saturated heterocycles. The number of piperidine rings is 1. The van der Waals surface area contributed by atoms with E-state index < -0.39 is 0 Å². The van der Waals surface area contributed by atoms with Gasteiger partial charge < -0.3 is 15.0 Å². The Balaban J connectivity index is 0.00000128. The first-order chi connectivity index (χ1) is 7.18. The maximum absolute atomic E-state index is 5.94. The number of nitrogens with zero attached hydrogens (tertiary/aromatic N) is 1. The first-order valence-corrected chi connectivity index (χ1v) is 6.21. The Morgan fingerprint density at radius 2 is 2.19 bits per heavy atom. The molecule has 2 aliphatic heterocycles. The molecule has 0 aromatic heterocycles. The molecule has 0 radical (unpaired) electrons. The van der Waals surface area contributed by atoms with Crippen molar-refractivity contribution in [2.24, 2.45) is 11.8 Å². The van der Waals surface area contributed by atoms with Gasteiger partial charge in [0.2, 0.25) is 0 Å². The van der Waals surface area contributed by atoms with Gasteiger partial charge in [-0.25, -0.2) is 0 Å². The summed E-state index contributed by atoms with van der Waals surface area (Å²) in [4.78, 5) is 2.39. The molecule has 16 heavy (non-hydrogen) atoms. The standard InChI is InChI=1S/C12H24N2O.ClH/c1-9(2)14(3)7-12-11-6-13-5-4-10(11)8-15-12;/h9-13H,4-8H2,1-3H3;1H/t10-,11-,12+;/m0./s1. The van der Waals surface area contributed by atoms with Crippen molar-refractivity contribution < 1.29 is 4.74 Å². The van der Waals surface area contributed by atoms with Gasteiger partial charge >= 0.3 is 0 Å². The number of hydrogen-bond donors (Lipinski definition) is 1. The van der Waals surface area contributed by atoms with E-state index in [1.807, 2.05) is 0 Å². The zero-order chi connectivity index (χ0) is 10.8. The van der Waals surface area contributed by atoms with E-state index >= 15 is 0 Å². The maximum Gasteiger partial charge on any atom is 0.0745 e. The molecule has 1 N–H and O–H groups in total. The molecule has 2 heterocycles. The van der Waals surface area contributed by atoms with Crippen LogP contribution in [0.25, 0.3) is 0 Å². The van der Waals surface area contributed by atoms with Gasteiger partial charge in [-0.2, -0.15) is 0 Å². The molecule has 3 atom stereocenters. The minimum absolute atomic E-state index is 0. The average molecular weight is 249 g/mol. The molecule has 4 heteroatoms. The Morgan fingerprint density at radius 3 is 2.88 bits per heavy atom. The lowest BCUT2D eigenvalue weighted by atomic mass is 9.85. The van der Waals surface area contributed by atoms with Crippen LogP contribution in [0.1, 0.15) is 20.3 Å². The Labute approximate surface area is 105 Å². The normalized spacial score (nSPS) is 33.9. The van der Waals surface area contributed by atoms with Crippen LogP contribution in [-0.4, -0.2) is 50.3 Å². The van der Waals surface area contributed by atoms with E-state index in [0.29, 0.717) is 12.1 Å². The summed E-state index contributed by atoms with van der Waals surface area (Å²) in [5.74, 6) is 1.57. The van der Waals surface area contributed by atoms with Crippen molar-refractivity contribution in [1.29, 1.82) is 0 Å². The summed E-state index contributed by atoms with van der Waals surface area (Å²) in [5.41, 5.74) is 0. The first kappa shape index (κ1) is 14.2. The predicted octanol–water partition coefficient (Wildman–Crippen LogP) is 1.37. The van der Waals surface area contributed by atoms with Crippen LogP contribution in [0.15, 0.2) is 0 Å². The fourth-order valence-corrected chi connectivity index (χ4v) is 2.63. The fraction of sp³-hybridized carbons (Fsp3) is 1.00. The van der Waals surface area contributed by atoms with Gasteiger partial charge in [-0.3, -0.25) is 0 Å². The summed E-state index contributed by atoms with van der Waals surface area (Å²) in [6.07, 6.45) is 1.75. The summed E-state index contributed by atoms with van der Waals surface area (Å²) in [5, 5.41) is 3.49. The van der Waals surface area contributed by atoms with Crippen LogP contribution in [0.4, 0.5) is 0 Å². The van der Waals surface area contributed by atoms with Crippen molar-refractivity contribution in [1.82, 2.24) is 10.2 Å². The molecule has 0 unspecified atom stereocenters. The van der Waals surface area contributed by atoms with Crippen LogP contribution >= 0.6 is 12.4 Å². The minimum atomic E-state index is 0. The third-order valence-corrected chi connectivity index (χ3v) is 4.03. The third kappa shape index (κ3) is 3.10. The van der Waals surface area contributed by atoms with Crippen LogP contribution in [0.5, 0.6) is 0 Å². The van der Waals surface area contributed by atoms with Crippen LogP contribution in [0, 0.1) is 11.8 Å². The molecule has 0 bridgehead atoms. The summed E-state index contributed by atoms with van der Waals surface area (Å²) in [6, 6.07) is 0.615. The van der Waals surface area contributed by atoms with Gasteiger partial charge in [-0.15, -0.1) is 12.4 Å². The van der Waals surface area contributed by atoms with E-state index in [0.717, 1.165) is 31.5 Å². The largest absolute Gasteiger partial charge is 0.376 e. The second-order valence-corrected chi connectivity index (χ2v) is 5.32. The Hall–Kier alpha value is 0.170. The highest BCUT2D eigenvalue weighted by Gasteiger charge is 2.38. The van der Waals surface area contributed by atoms with Gasteiger partial charge in [0, 0.05) is 25.0 Å². The van der Waals surface area contributed by atoms with Crippen LogP contribution in [-0.2, 0) is 4.74 Å². The van der Waals surface area contributed by atoms with Crippen molar-refractivity contribution in [3.8, 4) is 0 Å². The van der Waals surface area contributed by atoms with E-state index in [1.165, 1.54) is 13.0 Å². The van der Waals surface area contributed by atoms with E-state index in [9.17, 15) is 0 Å². The summed E-state index contributed by atoms with van der Waals surface area (Å²) < 4.78 is 5.94. The fourth-order valence-electron chi connectivity index (χ4n) is 2.63. The zero-order valence-electron chi connectivity index (χ0n) is 10.6. The molecular weight excluding hydrogens is 224 g/mol. The lowest BCUT2D eigenvalue weighted by Crippen LogP contribution is -2.43. The van der Waals surface area contributed by atoms with Gasteiger partial charge in [0.05, 0.1) is 12.7 Å². The number of rotatable bonds is 3. The molecule has 0 aliphatic carbocycles.